The lowest BCUT2D eigenvalue weighted by Gasteiger charge is -2.42. The maximum absolute atomic E-state index is 11.9. The van der Waals surface area contributed by atoms with Gasteiger partial charge in [0.15, 0.2) is 0 Å². The summed E-state index contributed by atoms with van der Waals surface area (Å²) in [6, 6.07) is -0.714. The molecule has 86 valence electrons. The Morgan fingerprint density at radius 1 is 1.33 bits per heavy atom. The van der Waals surface area contributed by atoms with Crippen molar-refractivity contribution in [2.45, 2.75) is 46.2 Å². The lowest BCUT2D eigenvalue weighted by Crippen LogP contribution is -2.65. The van der Waals surface area contributed by atoms with Crippen LogP contribution in [0.3, 0.4) is 0 Å². The number of carbonyl (C=O) groups is 2. The van der Waals surface area contributed by atoms with Crippen molar-refractivity contribution in [3.05, 3.63) is 0 Å². The number of hydrogen-bond acceptors (Lipinski definition) is 2. The zero-order valence-corrected chi connectivity index (χ0v) is 10.1. The van der Waals surface area contributed by atoms with Crippen molar-refractivity contribution in [2.24, 2.45) is 5.41 Å². The van der Waals surface area contributed by atoms with Gasteiger partial charge >= 0.3 is 0 Å². The topological polar surface area (TPSA) is 49.4 Å². The molecule has 2 unspecified atom stereocenters. The van der Waals surface area contributed by atoms with Crippen LogP contribution >= 0.6 is 0 Å². The average Bonchev–Trinajstić information content (AvgIpc) is 2.09. The maximum Gasteiger partial charge on any atom is 0.245 e. The molecule has 0 aliphatic carbocycles. The van der Waals surface area contributed by atoms with Crippen molar-refractivity contribution in [3.63, 3.8) is 0 Å². The maximum atomic E-state index is 11.9. The molecule has 0 aromatic carbocycles. The summed E-state index contributed by atoms with van der Waals surface area (Å²) in [5.74, 6) is -0.0338. The summed E-state index contributed by atoms with van der Waals surface area (Å²) in [6.45, 7) is 7.79. The molecule has 0 aromatic heterocycles. The van der Waals surface area contributed by atoms with Crippen LogP contribution in [0.15, 0.2) is 0 Å². The molecular formula is C11H20N2O2. The third-order valence-electron chi connectivity index (χ3n) is 2.83. The summed E-state index contributed by atoms with van der Waals surface area (Å²) < 4.78 is 0. The molecular weight excluding hydrogens is 192 g/mol. The fourth-order valence-corrected chi connectivity index (χ4v) is 2.11. The summed E-state index contributed by atoms with van der Waals surface area (Å²) in [5.41, 5.74) is -0.229. The van der Waals surface area contributed by atoms with Gasteiger partial charge in [0.2, 0.25) is 11.8 Å². The number of piperazine rings is 1. The molecule has 15 heavy (non-hydrogen) atoms. The highest BCUT2D eigenvalue weighted by atomic mass is 16.2. The van der Waals surface area contributed by atoms with Gasteiger partial charge < -0.3 is 10.2 Å². The lowest BCUT2D eigenvalue weighted by atomic mass is 9.83. The Morgan fingerprint density at radius 3 is 2.27 bits per heavy atom. The Morgan fingerprint density at radius 2 is 1.87 bits per heavy atom. The van der Waals surface area contributed by atoms with Crippen LogP contribution in [0.25, 0.3) is 0 Å². The van der Waals surface area contributed by atoms with Gasteiger partial charge in [0, 0.05) is 7.05 Å². The van der Waals surface area contributed by atoms with Gasteiger partial charge in [-0.1, -0.05) is 27.7 Å². The first-order valence-corrected chi connectivity index (χ1v) is 5.36. The van der Waals surface area contributed by atoms with Gasteiger partial charge in [0.25, 0.3) is 0 Å². The number of nitrogens with one attached hydrogen (secondary N) is 1. The van der Waals surface area contributed by atoms with Crippen LogP contribution in [0.4, 0.5) is 0 Å². The second-order valence-corrected chi connectivity index (χ2v) is 5.19. The third-order valence-corrected chi connectivity index (χ3v) is 2.83. The largest absolute Gasteiger partial charge is 0.342 e. The molecule has 1 fully saturated rings. The highest BCUT2D eigenvalue weighted by molar-refractivity contribution is 5.97. The number of amides is 2. The van der Waals surface area contributed by atoms with E-state index in [2.05, 4.69) is 5.32 Å². The second kappa shape index (κ2) is 3.83. The minimum absolute atomic E-state index is 0.0111. The Hall–Kier alpha value is -1.06. The highest BCUT2D eigenvalue weighted by Crippen LogP contribution is 2.26. The van der Waals surface area contributed by atoms with E-state index in [9.17, 15) is 9.59 Å². The van der Waals surface area contributed by atoms with E-state index in [1.54, 1.807) is 11.9 Å². The van der Waals surface area contributed by atoms with Gasteiger partial charge in [-0.25, -0.2) is 0 Å². The molecule has 1 aliphatic rings. The molecule has 2 amide bonds. The Labute approximate surface area is 91.0 Å². The third kappa shape index (κ3) is 2.13. The van der Waals surface area contributed by atoms with Gasteiger partial charge in [0.05, 0.1) is 0 Å². The standard InChI is InChI=1S/C11H20N2O2/c1-6-7-10(15)13(5)8(9(14)12-7)11(2,3)4/h7-8H,6H2,1-5H3,(H,12,14). The second-order valence-electron chi connectivity index (χ2n) is 5.19. The van der Waals surface area contributed by atoms with E-state index >= 15 is 0 Å². The fourth-order valence-electron chi connectivity index (χ4n) is 2.11. The molecule has 0 bridgehead atoms. The smallest absolute Gasteiger partial charge is 0.245 e. The molecule has 4 nitrogen and oxygen atoms in total. The molecule has 0 saturated carbocycles. The highest BCUT2D eigenvalue weighted by Gasteiger charge is 2.43. The fraction of sp³-hybridized carbons (Fsp3) is 0.818. The molecule has 1 saturated heterocycles. The van der Waals surface area contributed by atoms with E-state index in [1.807, 2.05) is 27.7 Å². The van der Waals surface area contributed by atoms with Gasteiger partial charge in [0.1, 0.15) is 12.1 Å². The monoisotopic (exact) mass is 212 g/mol. The number of hydrogen-bond donors (Lipinski definition) is 1. The van der Waals surface area contributed by atoms with Crippen molar-refractivity contribution in [2.75, 3.05) is 7.05 Å². The van der Waals surface area contributed by atoms with Crippen LogP contribution in [0, 0.1) is 5.41 Å². The number of carbonyl (C=O) groups excluding carboxylic acids is 2. The first kappa shape index (κ1) is 12.0. The van der Waals surface area contributed by atoms with E-state index in [0.717, 1.165) is 0 Å². The molecule has 0 spiro atoms. The lowest BCUT2D eigenvalue weighted by molar-refractivity contribution is -0.151. The van der Waals surface area contributed by atoms with E-state index < -0.39 is 0 Å². The first-order valence-electron chi connectivity index (χ1n) is 5.36. The van der Waals surface area contributed by atoms with E-state index in [1.165, 1.54) is 0 Å². The van der Waals surface area contributed by atoms with Crippen LogP contribution < -0.4 is 5.32 Å². The Kier molecular flexibility index (Phi) is 3.07. The van der Waals surface area contributed by atoms with Crippen molar-refractivity contribution in [1.29, 1.82) is 0 Å². The number of likely N-dealkylation sites (N-methyl/N-ethyl adjacent to an activating group) is 1. The van der Waals surface area contributed by atoms with E-state index in [-0.39, 0.29) is 29.3 Å². The van der Waals surface area contributed by atoms with Crippen molar-refractivity contribution in [3.8, 4) is 0 Å². The number of nitrogens with zero attached hydrogens (tertiary/aromatic N) is 1. The first-order chi connectivity index (χ1) is 6.79. The summed E-state index contributed by atoms with van der Waals surface area (Å²) in [6.07, 6.45) is 0.645. The molecule has 1 heterocycles. The SMILES string of the molecule is CCC1NC(=O)C(C(C)(C)C)N(C)C1=O. The zero-order chi connectivity index (χ0) is 11.8. The molecule has 0 aromatic rings. The van der Waals surface area contributed by atoms with Crippen LogP contribution in [0.1, 0.15) is 34.1 Å². The summed E-state index contributed by atoms with van der Waals surface area (Å²) in [4.78, 5) is 25.3. The molecule has 1 N–H and O–H groups in total. The summed E-state index contributed by atoms with van der Waals surface area (Å²) >= 11 is 0. The average molecular weight is 212 g/mol. The summed E-state index contributed by atoms with van der Waals surface area (Å²) in [5, 5.41) is 2.77. The molecule has 1 aliphatic heterocycles. The van der Waals surface area contributed by atoms with Gasteiger partial charge in [-0.3, -0.25) is 9.59 Å². The van der Waals surface area contributed by atoms with Crippen LogP contribution in [-0.4, -0.2) is 35.8 Å². The molecule has 1 rings (SSSR count). The van der Waals surface area contributed by atoms with Gasteiger partial charge in [-0.2, -0.15) is 0 Å². The predicted octanol–water partition coefficient (Wildman–Crippen LogP) is 0.768. The van der Waals surface area contributed by atoms with Crippen molar-refractivity contribution >= 4 is 11.8 Å². The normalized spacial score (nSPS) is 27.9. The van der Waals surface area contributed by atoms with Gasteiger partial charge in [-0.05, 0) is 11.8 Å². The van der Waals surface area contributed by atoms with Crippen LogP contribution in [0.5, 0.6) is 0 Å². The zero-order valence-electron chi connectivity index (χ0n) is 10.1. The van der Waals surface area contributed by atoms with Crippen LogP contribution in [-0.2, 0) is 9.59 Å². The quantitative estimate of drug-likeness (QED) is 0.698. The summed E-state index contributed by atoms with van der Waals surface area (Å²) in [7, 11) is 1.71. The Balaban J connectivity index is 2.95. The van der Waals surface area contributed by atoms with Crippen molar-refractivity contribution < 1.29 is 9.59 Å². The molecule has 0 radical (unpaired) electrons. The number of rotatable bonds is 1. The molecule has 4 heteroatoms. The van der Waals surface area contributed by atoms with Crippen molar-refractivity contribution in [1.82, 2.24) is 10.2 Å². The predicted molar refractivity (Wildman–Crippen MR) is 58.2 cm³/mol. The Bertz CT molecular complexity index is 281. The minimum atomic E-state index is -0.368. The van der Waals surface area contributed by atoms with E-state index in [4.69, 9.17) is 0 Å². The van der Waals surface area contributed by atoms with E-state index in [0.29, 0.717) is 6.42 Å². The minimum Gasteiger partial charge on any atom is -0.342 e. The molecule has 2 atom stereocenters. The van der Waals surface area contributed by atoms with Crippen LogP contribution in [0.2, 0.25) is 0 Å². The van der Waals surface area contributed by atoms with Gasteiger partial charge in [-0.15, -0.1) is 0 Å².